The first kappa shape index (κ1) is 15.2. The van der Waals surface area contributed by atoms with Gasteiger partial charge in [-0.1, -0.05) is 0 Å². The molecule has 2 aromatic heterocycles. The monoisotopic (exact) mass is 342 g/mol. The van der Waals surface area contributed by atoms with Crippen LogP contribution in [0.25, 0.3) is 32.9 Å². The number of benzene rings is 2. The Balaban J connectivity index is 2.24. The first-order valence-electron chi connectivity index (χ1n) is 7.39. The Bertz CT molecular complexity index is 1180. The van der Waals surface area contributed by atoms with E-state index in [1.807, 2.05) is 0 Å². The van der Waals surface area contributed by atoms with Crippen molar-refractivity contribution in [2.75, 3.05) is 21.3 Å². The molecule has 2 heterocycles. The molecule has 4 aromatic rings. The molecular weight excluding hydrogens is 328 g/mol. The lowest BCUT2D eigenvalue weighted by atomic mass is 10.1. The molecule has 25 heavy (non-hydrogen) atoms. The molecule has 7 nitrogen and oxygen atoms in total. The van der Waals surface area contributed by atoms with Gasteiger partial charge in [-0.25, -0.2) is 4.79 Å². The molecule has 0 unspecified atom stereocenters. The van der Waals surface area contributed by atoms with Crippen molar-refractivity contribution in [3.8, 4) is 23.0 Å². The van der Waals surface area contributed by atoms with Crippen LogP contribution in [0.1, 0.15) is 0 Å². The van der Waals surface area contributed by atoms with Gasteiger partial charge < -0.3 is 28.2 Å². The Hall–Kier alpha value is -3.35. The van der Waals surface area contributed by atoms with Crippen molar-refractivity contribution in [3.05, 3.63) is 34.7 Å². The lowest BCUT2D eigenvalue weighted by Gasteiger charge is -2.07. The van der Waals surface area contributed by atoms with Crippen LogP contribution in [0.5, 0.6) is 23.0 Å². The zero-order valence-electron chi connectivity index (χ0n) is 13.7. The molecule has 0 spiro atoms. The molecule has 0 fully saturated rings. The van der Waals surface area contributed by atoms with Gasteiger partial charge >= 0.3 is 5.63 Å². The zero-order valence-corrected chi connectivity index (χ0v) is 13.7. The predicted octanol–water partition coefficient (Wildman–Crippen LogP) is 3.42. The van der Waals surface area contributed by atoms with Gasteiger partial charge in [0.25, 0.3) is 0 Å². The van der Waals surface area contributed by atoms with Gasteiger partial charge in [-0.05, 0) is 6.07 Å². The molecule has 0 atom stereocenters. The van der Waals surface area contributed by atoms with E-state index in [2.05, 4.69) is 0 Å². The minimum Gasteiger partial charge on any atom is -0.504 e. The molecule has 0 aliphatic rings. The fraction of sp³-hybridized carbons (Fsp3) is 0.167. The van der Waals surface area contributed by atoms with E-state index < -0.39 is 5.63 Å². The van der Waals surface area contributed by atoms with Crippen LogP contribution < -0.4 is 19.8 Å². The smallest absolute Gasteiger partial charge is 0.348 e. The van der Waals surface area contributed by atoms with E-state index >= 15 is 0 Å². The van der Waals surface area contributed by atoms with E-state index in [0.29, 0.717) is 33.4 Å². The Morgan fingerprint density at radius 3 is 2.28 bits per heavy atom. The van der Waals surface area contributed by atoms with Crippen molar-refractivity contribution >= 4 is 32.9 Å². The number of aromatic hydroxyl groups is 1. The second kappa shape index (κ2) is 5.34. The van der Waals surface area contributed by atoms with Crippen LogP contribution in [0, 0.1) is 0 Å². The van der Waals surface area contributed by atoms with Crippen molar-refractivity contribution in [3.63, 3.8) is 0 Å². The number of fused-ring (bicyclic) bond motifs is 5. The summed E-state index contributed by atoms with van der Waals surface area (Å²) in [5.41, 5.74) is 0.368. The number of hydrogen-bond donors (Lipinski definition) is 1. The Morgan fingerprint density at radius 1 is 0.840 bits per heavy atom. The maximum atomic E-state index is 12.5. The molecule has 7 heteroatoms. The summed E-state index contributed by atoms with van der Waals surface area (Å²) in [7, 11) is 4.44. The summed E-state index contributed by atoms with van der Waals surface area (Å²) in [6, 6.07) is 6.20. The number of phenolic OH excluding ortho intramolecular Hbond substituents is 1. The average molecular weight is 342 g/mol. The highest BCUT2D eigenvalue weighted by molar-refractivity contribution is 6.15. The Morgan fingerprint density at radius 2 is 1.60 bits per heavy atom. The number of rotatable bonds is 3. The number of ether oxygens (including phenoxy) is 3. The fourth-order valence-electron chi connectivity index (χ4n) is 2.95. The minimum atomic E-state index is -0.565. The van der Waals surface area contributed by atoms with Crippen molar-refractivity contribution in [1.29, 1.82) is 0 Å². The second-order valence-corrected chi connectivity index (χ2v) is 5.42. The number of furan rings is 1. The molecule has 2 aromatic carbocycles. The van der Waals surface area contributed by atoms with Crippen LogP contribution in [0.3, 0.4) is 0 Å². The molecule has 0 aliphatic carbocycles. The molecule has 0 aliphatic heterocycles. The predicted molar refractivity (Wildman–Crippen MR) is 91.1 cm³/mol. The van der Waals surface area contributed by atoms with Crippen molar-refractivity contribution in [1.82, 2.24) is 0 Å². The van der Waals surface area contributed by atoms with E-state index in [0.717, 1.165) is 0 Å². The maximum Gasteiger partial charge on any atom is 0.348 e. The molecular formula is C18H14O7. The quantitative estimate of drug-likeness (QED) is 0.570. The fourth-order valence-corrected chi connectivity index (χ4v) is 2.95. The highest BCUT2D eigenvalue weighted by atomic mass is 16.5. The van der Waals surface area contributed by atoms with Crippen molar-refractivity contribution < 1.29 is 28.2 Å². The van der Waals surface area contributed by atoms with Gasteiger partial charge in [0.15, 0.2) is 17.1 Å². The third kappa shape index (κ3) is 2.09. The van der Waals surface area contributed by atoms with Crippen molar-refractivity contribution in [2.45, 2.75) is 0 Å². The lowest BCUT2D eigenvalue weighted by Crippen LogP contribution is -2.00. The third-order valence-corrected chi connectivity index (χ3v) is 4.12. The topological polar surface area (TPSA) is 91.3 Å². The standard InChI is InChI=1S/C18H14O7/c1-21-8-4-13(23-3)16-14(5-8)25-18(20)15-9-6-12(22-2)10(19)7-11(9)24-17(15)16/h4-7,19H,1-3H3. The van der Waals surface area contributed by atoms with E-state index in [9.17, 15) is 9.90 Å². The molecule has 4 rings (SSSR count). The summed E-state index contributed by atoms with van der Waals surface area (Å²) in [6.07, 6.45) is 0. The highest BCUT2D eigenvalue weighted by Gasteiger charge is 2.21. The third-order valence-electron chi connectivity index (χ3n) is 4.12. The van der Waals surface area contributed by atoms with Crippen LogP contribution in [0.4, 0.5) is 0 Å². The van der Waals surface area contributed by atoms with Crippen molar-refractivity contribution in [2.24, 2.45) is 0 Å². The second-order valence-electron chi connectivity index (χ2n) is 5.42. The largest absolute Gasteiger partial charge is 0.504 e. The van der Waals surface area contributed by atoms with E-state index in [1.54, 1.807) is 12.1 Å². The van der Waals surface area contributed by atoms with Gasteiger partial charge in [0, 0.05) is 23.6 Å². The SMILES string of the molecule is COc1cc(OC)c2c(c1)oc(=O)c1c3cc(OC)c(O)cc3oc21. The van der Waals surface area contributed by atoms with E-state index in [4.69, 9.17) is 23.0 Å². The zero-order chi connectivity index (χ0) is 17.7. The van der Waals surface area contributed by atoms with Gasteiger partial charge in [-0.15, -0.1) is 0 Å². The number of methoxy groups -OCH3 is 3. The van der Waals surface area contributed by atoms with Crippen LogP contribution >= 0.6 is 0 Å². The lowest BCUT2D eigenvalue weighted by molar-refractivity contribution is 0.374. The van der Waals surface area contributed by atoms with Gasteiger partial charge in [0.2, 0.25) is 0 Å². The first-order chi connectivity index (χ1) is 12.1. The highest BCUT2D eigenvalue weighted by Crippen LogP contribution is 2.41. The molecule has 0 bridgehead atoms. The van der Waals surface area contributed by atoms with Gasteiger partial charge in [-0.2, -0.15) is 0 Å². The van der Waals surface area contributed by atoms with Gasteiger partial charge in [0.1, 0.15) is 33.4 Å². The Labute approximate surface area is 140 Å². The van der Waals surface area contributed by atoms with Gasteiger partial charge in [-0.3, -0.25) is 0 Å². The number of hydrogen-bond acceptors (Lipinski definition) is 7. The summed E-state index contributed by atoms with van der Waals surface area (Å²) in [5, 5.41) is 11.2. The van der Waals surface area contributed by atoms with Crippen LogP contribution in [0.15, 0.2) is 37.9 Å². The maximum absolute atomic E-state index is 12.5. The van der Waals surface area contributed by atoms with Gasteiger partial charge in [0.05, 0.1) is 21.3 Å². The molecule has 0 radical (unpaired) electrons. The summed E-state index contributed by atoms with van der Waals surface area (Å²) in [4.78, 5) is 12.5. The Kier molecular flexibility index (Phi) is 3.24. The molecule has 0 saturated heterocycles. The summed E-state index contributed by atoms with van der Waals surface area (Å²) in [6.45, 7) is 0. The van der Waals surface area contributed by atoms with Crippen LogP contribution in [0.2, 0.25) is 0 Å². The number of phenols is 1. The summed E-state index contributed by atoms with van der Waals surface area (Å²) < 4.78 is 27.0. The molecule has 0 saturated carbocycles. The average Bonchev–Trinajstić information content (AvgIpc) is 2.98. The summed E-state index contributed by atoms with van der Waals surface area (Å²) >= 11 is 0. The molecule has 128 valence electrons. The minimum absolute atomic E-state index is 0.0867. The first-order valence-corrected chi connectivity index (χ1v) is 7.39. The summed E-state index contributed by atoms with van der Waals surface area (Å²) in [5.74, 6) is 1.08. The normalized spacial score (nSPS) is 11.3. The van der Waals surface area contributed by atoms with Crippen LogP contribution in [-0.4, -0.2) is 26.4 Å². The van der Waals surface area contributed by atoms with E-state index in [-0.39, 0.29) is 22.5 Å². The van der Waals surface area contributed by atoms with E-state index in [1.165, 1.54) is 33.5 Å². The molecule has 1 N–H and O–H groups in total. The molecule has 0 amide bonds. The van der Waals surface area contributed by atoms with Crippen LogP contribution in [-0.2, 0) is 0 Å².